The van der Waals surface area contributed by atoms with Crippen LogP contribution in [-0.4, -0.2) is 60.5 Å². The van der Waals surface area contributed by atoms with Crippen molar-refractivity contribution in [2.75, 3.05) is 39.5 Å². The fourth-order valence-corrected chi connectivity index (χ4v) is 3.83. The van der Waals surface area contributed by atoms with Crippen molar-refractivity contribution in [3.8, 4) is 5.75 Å². The van der Waals surface area contributed by atoms with Gasteiger partial charge in [0.2, 0.25) is 0 Å². The standard InChI is InChI=1S/C22H28N2O3/c25-21(16-23-8-10-26-11-9-23)17-27-22-7-3-4-18(12-22)13-24-14-19-5-1-2-6-20(19)15-24/h1-7,12,21,25H,8-11,13-17H2/t21-/m1/s1. The van der Waals surface area contributed by atoms with E-state index in [1.54, 1.807) is 0 Å². The van der Waals surface area contributed by atoms with Crippen LogP contribution in [-0.2, 0) is 24.4 Å². The molecule has 2 aliphatic rings. The van der Waals surface area contributed by atoms with Crippen molar-refractivity contribution in [3.63, 3.8) is 0 Å². The van der Waals surface area contributed by atoms with E-state index in [0.717, 1.165) is 51.7 Å². The summed E-state index contributed by atoms with van der Waals surface area (Å²) in [5.41, 5.74) is 4.09. The minimum atomic E-state index is -0.486. The molecule has 0 aromatic heterocycles. The summed E-state index contributed by atoms with van der Waals surface area (Å²) in [4.78, 5) is 4.66. The molecule has 5 nitrogen and oxygen atoms in total. The molecule has 144 valence electrons. The first-order chi connectivity index (χ1) is 13.3. The summed E-state index contributed by atoms with van der Waals surface area (Å²) in [6.45, 7) is 7.10. The Hall–Kier alpha value is -1.92. The van der Waals surface area contributed by atoms with E-state index in [4.69, 9.17) is 9.47 Å². The Balaban J connectivity index is 1.26. The van der Waals surface area contributed by atoms with E-state index in [9.17, 15) is 5.11 Å². The highest BCUT2D eigenvalue weighted by Gasteiger charge is 2.18. The first-order valence-electron chi connectivity index (χ1n) is 9.75. The molecular formula is C22H28N2O3. The first kappa shape index (κ1) is 18.4. The van der Waals surface area contributed by atoms with Gasteiger partial charge in [0.25, 0.3) is 0 Å². The first-order valence-corrected chi connectivity index (χ1v) is 9.75. The van der Waals surface area contributed by atoms with E-state index in [1.807, 2.05) is 12.1 Å². The van der Waals surface area contributed by atoms with Crippen LogP contribution >= 0.6 is 0 Å². The number of nitrogens with zero attached hydrogens (tertiary/aromatic N) is 2. The fraction of sp³-hybridized carbons (Fsp3) is 0.455. The van der Waals surface area contributed by atoms with Crippen molar-refractivity contribution in [2.45, 2.75) is 25.7 Å². The summed E-state index contributed by atoms with van der Waals surface area (Å²) in [6, 6.07) is 16.9. The minimum absolute atomic E-state index is 0.315. The molecule has 1 saturated heterocycles. The van der Waals surface area contributed by atoms with E-state index >= 15 is 0 Å². The molecule has 0 amide bonds. The second-order valence-corrected chi connectivity index (χ2v) is 7.44. The van der Waals surface area contributed by atoms with Gasteiger partial charge >= 0.3 is 0 Å². The number of hydrogen-bond acceptors (Lipinski definition) is 5. The Labute approximate surface area is 161 Å². The van der Waals surface area contributed by atoms with Crippen LogP contribution in [0.25, 0.3) is 0 Å². The van der Waals surface area contributed by atoms with Gasteiger partial charge in [-0.25, -0.2) is 0 Å². The highest BCUT2D eigenvalue weighted by Crippen LogP contribution is 2.25. The van der Waals surface area contributed by atoms with Crippen LogP contribution in [0, 0.1) is 0 Å². The molecular weight excluding hydrogens is 340 g/mol. The van der Waals surface area contributed by atoms with Crippen LogP contribution < -0.4 is 4.74 Å². The van der Waals surface area contributed by atoms with Crippen LogP contribution in [0.2, 0.25) is 0 Å². The lowest BCUT2D eigenvalue weighted by molar-refractivity contribution is 0.00464. The average Bonchev–Trinajstić information content (AvgIpc) is 3.10. The lowest BCUT2D eigenvalue weighted by Gasteiger charge is -2.28. The molecule has 0 radical (unpaired) electrons. The van der Waals surface area contributed by atoms with E-state index in [1.165, 1.54) is 16.7 Å². The second kappa shape index (κ2) is 8.85. The van der Waals surface area contributed by atoms with Crippen LogP contribution in [0.5, 0.6) is 5.75 Å². The predicted molar refractivity (Wildman–Crippen MR) is 105 cm³/mol. The number of benzene rings is 2. The number of morpholine rings is 1. The zero-order chi connectivity index (χ0) is 18.5. The largest absolute Gasteiger partial charge is 0.491 e. The molecule has 2 aromatic rings. The summed E-state index contributed by atoms with van der Waals surface area (Å²) in [7, 11) is 0. The van der Waals surface area contributed by atoms with Gasteiger partial charge in [0.05, 0.1) is 13.2 Å². The highest BCUT2D eigenvalue weighted by atomic mass is 16.5. The molecule has 2 aromatic carbocycles. The summed E-state index contributed by atoms with van der Waals surface area (Å²) >= 11 is 0. The number of β-amino-alcohol motifs (C(OH)–C–C–N with tert-alkyl or cyclic N) is 1. The molecule has 2 heterocycles. The highest BCUT2D eigenvalue weighted by molar-refractivity contribution is 5.32. The summed E-state index contributed by atoms with van der Waals surface area (Å²) < 4.78 is 11.2. The Morgan fingerprint density at radius 3 is 2.44 bits per heavy atom. The van der Waals surface area contributed by atoms with Crippen LogP contribution in [0.1, 0.15) is 16.7 Å². The number of aliphatic hydroxyl groups excluding tert-OH is 1. The van der Waals surface area contributed by atoms with Gasteiger partial charge in [-0.1, -0.05) is 36.4 Å². The lowest BCUT2D eigenvalue weighted by atomic mass is 10.1. The summed E-state index contributed by atoms with van der Waals surface area (Å²) in [6.07, 6.45) is -0.486. The molecule has 0 saturated carbocycles. The van der Waals surface area contributed by atoms with Crippen LogP contribution in [0.15, 0.2) is 48.5 Å². The van der Waals surface area contributed by atoms with Gasteiger partial charge in [0.1, 0.15) is 18.5 Å². The van der Waals surface area contributed by atoms with E-state index in [-0.39, 0.29) is 0 Å². The van der Waals surface area contributed by atoms with Gasteiger partial charge in [0.15, 0.2) is 0 Å². The van der Waals surface area contributed by atoms with Crippen molar-refractivity contribution >= 4 is 0 Å². The number of rotatable bonds is 7. The Kier molecular flexibility index (Phi) is 6.04. The topological polar surface area (TPSA) is 45.2 Å². The fourth-order valence-electron chi connectivity index (χ4n) is 3.83. The van der Waals surface area contributed by atoms with Crippen molar-refractivity contribution in [1.29, 1.82) is 0 Å². The monoisotopic (exact) mass is 368 g/mol. The molecule has 0 unspecified atom stereocenters. The maximum atomic E-state index is 10.2. The van der Waals surface area contributed by atoms with Gasteiger partial charge in [-0.15, -0.1) is 0 Å². The average molecular weight is 368 g/mol. The molecule has 0 spiro atoms. The lowest BCUT2D eigenvalue weighted by Crippen LogP contribution is -2.42. The van der Waals surface area contributed by atoms with Gasteiger partial charge in [-0.2, -0.15) is 0 Å². The second-order valence-electron chi connectivity index (χ2n) is 7.44. The molecule has 0 aliphatic carbocycles. The van der Waals surface area contributed by atoms with E-state index < -0.39 is 6.10 Å². The molecule has 1 atom stereocenters. The van der Waals surface area contributed by atoms with Gasteiger partial charge in [-0.05, 0) is 28.8 Å². The molecule has 0 bridgehead atoms. The third kappa shape index (κ3) is 5.08. The number of ether oxygens (including phenoxy) is 2. The number of aliphatic hydroxyl groups is 1. The molecule has 2 aliphatic heterocycles. The molecule has 1 N–H and O–H groups in total. The van der Waals surface area contributed by atoms with Crippen molar-refractivity contribution < 1.29 is 14.6 Å². The van der Waals surface area contributed by atoms with Gasteiger partial charge < -0.3 is 14.6 Å². The quantitative estimate of drug-likeness (QED) is 0.812. The Bertz CT molecular complexity index is 721. The maximum Gasteiger partial charge on any atom is 0.119 e. The van der Waals surface area contributed by atoms with E-state index in [2.05, 4.69) is 46.2 Å². The van der Waals surface area contributed by atoms with Gasteiger partial charge in [0, 0.05) is 39.3 Å². The Morgan fingerprint density at radius 2 is 1.70 bits per heavy atom. The molecule has 5 heteroatoms. The van der Waals surface area contributed by atoms with Crippen LogP contribution in [0.3, 0.4) is 0 Å². The van der Waals surface area contributed by atoms with Crippen LogP contribution in [0.4, 0.5) is 0 Å². The SMILES string of the molecule is O[C@@H](COc1cccc(CN2Cc3ccccc3C2)c1)CN1CCOCC1. The van der Waals surface area contributed by atoms with Crippen molar-refractivity contribution in [2.24, 2.45) is 0 Å². The van der Waals surface area contributed by atoms with Crippen molar-refractivity contribution in [1.82, 2.24) is 9.80 Å². The summed E-state index contributed by atoms with van der Waals surface area (Å²) in [5, 5.41) is 10.2. The molecule has 1 fully saturated rings. The minimum Gasteiger partial charge on any atom is -0.491 e. The number of fused-ring (bicyclic) bond motifs is 1. The Morgan fingerprint density at radius 1 is 0.963 bits per heavy atom. The molecule has 4 rings (SSSR count). The molecule has 27 heavy (non-hydrogen) atoms. The zero-order valence-corrected chi connectivity index (χ0v) is 15.7. The van der Waals surface area contributed by atoms with Crippen molar-refractivity contribution in [3.05, 3.63) is 65.2 Å². The normalized spacial score (nSPS) is 19.0. The van der Waals surface area contributed by atoms with Gasteiger partial charge in [-0.3, -0.25) is 9.80 Å². The zero-order valence-electron chi connectivity index (χ0n) is 15.7. The maximum absolute atomic E-state index is 10.2. The number of hydrogen-bond donors (Lipinski definition) is 1. The third-order valence-electron chi connectivity index (χ3n) is 5.23. The third-order valence-corrected chi connectivity index (χ3v) is 5.23. The van der Waals surface area contributed by atoms with E-state index in [0.29, 0.717) is 13.2 Å². The summed E-state index contributed by atoms with van der Waals surface area (Å²) in [5.74, 6) is 0.824. The smallest absolute Gasteiger partial charge is 0.119 e. The predicted octanol–water partition coefficient (Wildman–Crippen LogP) is 2.27.